The van der Waals surface area contributed by atoms with Crippen LogP contribution in [0.5, 0.6) is 0 Å². The Morgan fingerprint density at radius 1 is 1.20 bits per heavy atom. The highest BCUT2D eigenvalue weighted by molar-refractivity contribution is 7.09. The normalized spacial score (nSPS) is 12.4. The van der Waals surface area contributed by atoms with E-state index >= 15 is 0 Å². The molecule has 0 saturated carbocycles. The highest BCUT2D eigenvalue weighted by Gasteiger charge is 2.15. The summed E-state index contributed by atoms with van der Waals surface area (Å²) >= 11 is 1.69. The second kappa shape index (κ2) is 6.03. The van der Waals surface area contributed by atoms with Gasteiger partial charge in [-0.05, 0) is 19.2 Å². The minimum absolute atomic E-state index is 0.166. The van der Waals surface area contributed by atoms with Crippen molar-refractivity contribution in [2.45, 2.75) is 12.5 Å². The fraction of sp³-hybridized carbons (Fsp3) is 0.188. The Bertz CT molecular complexity index is 646. The summed E-state index contributed by atoms with van der Waals surface area (Å²) in [6.45, 7) is 0. The molecular weight excluding hydrogens is 268 g/mol. The van der Waals surface area contributed by atoms with Gasteiger partial charge in [0.25, 0.3) is 0 Å². The number of aromatic nitrogens is 1. The molecule has 1 atom stereocenters. The van der Waals surface area contributed by atoms with Crippen LogP contribution in [0.25, 0.3) is 11.3 Å². The monoisotopic (exact) mass is 284 g/mol. The maximum atomic E-state index is 5.46. The number of benzene rings is 1. The maximum Gasteiger partial charge on any atom is 0.121 e. The van der Waals surface area contributed by atoms with Crippen LogP contribution in [0.3, 0.4) is 0 Å². The van der Waals surface area contributed by atoms with Gasteiger partial charge in [-0.3, -0.25) is 0 Å². The number of rotatable bonds is 5. The molecule has 3 aromatic rings. The van der Waals surface area contributed by atoms with Crippen molar-refractivity contribution in [3.8, 4) is 11.3 Å². The van der Waals surface area contributed by atoms with Gasteiger partial charge in [0.15, 0.2) is 0 Å². The molecule has 2 aromatic heterocycles. The van der Waals surface area contributed by atoms with Gasteiger partial charge >= 0.3 is 0 Å². The van der Waals surface area contributed by atoms with Gasteiger partial charge in [-0.15, -0.1) is 11.3 Å². The quantitative estimate of drug-likeness (QED) is 0.772. The molecule has 4 heteroatoms. The van der Waals surface area contributed by atoms with E-state index < -0.39 is 0 Å². The lowest BCUT2D eigenvalue weighted by Gasteiger charge is -2.11. The lowest BCUT2D eigenvalue weighted by atomic mass is 10.1. The molecule has 0 radical (unpaired) electrons. The van der Waals surface area contributed by atoms with Gasteiger partial charge in [-0.25, -0.2) is 4.98 Å². The first-order valence-electron chi connectivity index (χ1n) is 6.57. The van der Waals surface area contributed by atoms with Crippen LogP contribution in [0, 0.1) is 0 Å². The SMILES string of the molecule is CNC(Cc1nc(-c2ccccc2)cs1)c1ccco1. The zero-order chi connectivity index (χ0) is 13.8. The predicted molar refractivity (Wildman–Crippen MR) is 81.8 cm³/mol. The summed E-state index contributed by atoms with van der Waals surface area (Å²) in [5.74, 6) is 0.948. The Morgan fingerprint density at radius 2 is 2.05 bits per heavy atom. The summed E-state index contributed by atoms with van der Waals surface area (Å²) in [4.78, 5) is 4.71. The first-order chi connectivity index (χ1) is 9.86. The predicted octanol–water partition coefficient (Wildman–Crippen LogP) is 3.91. The van der Waals surface area contributed by atoms with E-state index in [0.29, 0.717) is 0 Å². The van der Waals surface area contributed by atoms with Crippen molar-refractivity contribution in [3.05, 3.63) is 64.9 Å². The van der Waals surface area contributed by atoms with Gasteiger partial charge in [0.2, 0.25) is 0 Å². The van der Waals surface area contributed by atoms with E-state index in [1.807, 2.05) is 37.4 Å². The molecule has 0 bridgehead atoms. The van der Waals surface area contributed by atoms with Crippen molar-refractivity contribution in [1.82, 2.24) is 10.3 Å². The van der Waals surface area contributed by atoms with Gasteiger partial charge in [-0.1, -0.05) is 30.3 Å². The van der Waals surface area contributed by atoms with Gasteiger partial charge in [0.05, 0.1) is 23.0 Å². The molecule has 1 aromatic carbocycles. The molecule has 2 heterocycles. The molecular formula is C16H16N2OS. The summed E-state index contributed by atoms with van der Waals surface area (Å²) in [5, 5.41) is 6.50. The number of likely N-dealkylation sites (N-methyl/N-ethyl adjacent to an activating group) is 1. The minimum atomic E-state index is 0.166. The molecule has 102 valence electrons. The average molecular weight is 284 g/mol. The molecule has 20 heavy (non-hydrogen) atoms. The van der Waals surface area contributed by atoms with Crippen LogP contribution in [-0.2, 0) is 6.42 Å². The van der Waals surface area contributed by atoms with Crippen molar-refractivity contribution < 1.29 is 4.42 Å². The molecule has 3 nitrogen and oxygen atoms in total. The van der Waals surface area contributed by atoms with E-state index in [1.54, 1.807) is 17.6 Å². The first kappa shape index (κ1) is 13.1. The third kappa shape index (κ3) is 2.81. The Hall–Kier alpha value is -1.91. The van der Waals surface area contributed by atoms with Crippen LogP contribution in [0.15, 0.2) is 58.5 Å². The van der Waals surface area contributed by atoms with E-state index in [-0.39, 0.29) is 6.04 Å². The molecule has 0 saturated heterocycles. The molecule has 0 aliphatic carbocycles. The van der Waals surface area contributed by atoms with E-state index in [4.69, 9.17) is 9.40 Å². The molecule has 3 rings (SSSR count). The van der Waals surface area contributed by atoms with Crippen molar-refractivity contribution in [2.24, 2.45) is 0 Å². The van der Waals surface area contributed by atoms with Crippen LogP contribution in [0.2, 0.25) is 0 Å². The second-order valence-corrected chi connectivity index (χ2v) is 5.50. The molecule has 0 spiro atoms. The van der Waals surface area contributed by atoms with Crippen LogP contribution >= 0.6 is 11.3 Å². The Labute approximate surface area is 122 Å². The average Bonchev–Trinajstić information content (AvgIpc) is 3.17. The molecule has 1 N–H and O–H groups in total. The third-order valence-corrected chi connectivity index (χ3v) is 4.11. The van der Waals surface area contributed by atoms with E-state index in [2.05, 4.69) is 22.8 Å². The molecule has 1 unspecified atom stereocenters. The van der Waals surface area contributed by atoms with Crippen LogP contribution in [0.1, 0.15) is 16.8 Å². The van der Waals surface area contributed by atoms with Crippen molar-refractivity contribution in [3.63, 3.8) is 0 Å². The minimum Gasteiger partial charge on any atom is -0.468 e. The summed E-state index contributed by atoms with van der Waals surface area (Å²) in [6, 6.07) is 14.3. The second-order valence-electron chi connectivity index (χ2n) is 4.55. The van der Waals surface area contributed by atoms with Gasteiger partial charge in [0.1, 0.15) is 5.76 Å². The smallest absolute Gasteiger partial charge is 0.121 e. The van der Waals surface area contributed by atoms with E-state index in [0.717, 1.165) is 28.4 Å². The zero-order valence-electron chi connectivity index (χ0n) is 11.2. The lowest BCUT2D eigenvalue weighted by molar-refractivity contribution is 0.429. The van der Waals surface area contributed by atoms with Crippen molar-refractivity contribution >= 4 is 11.3 Å². The Balaban J connectivity index is 1.77. The number of nitrogens with zero attached hydrogens (tertiary/aromatic N) is 1. The Kier molecular flexibility index (Phi) is 3.95. The van der Waals surface area contributed by atoms with Crippen LogP contribution in [0.4, 0.5) is 0 Å². The van der Waals surface area contributed by atoms with Crippen LogP contribution in [-0.4, -0.2) is 12.0 Å². The van der Waals surface area contributed by atoms with Gasteiger partial charge < -0.3 is 9.73 Å². The van der Waals surface area contributed by atoms with E-state index in [1.165, 1.54) is 0 Å². The number of nitrogens with one attached hydrogen (secondary N) is 1. The first-order valence-corrected chi connectivity index (χ1v) is 7.45. The summed E-state index contributed by atoms with van der Waals surface area (Å²) in [6.07, 6.45) is 2.54. The van der Waals surface area contributed by atoms with Gasteiger partial charge in [-0.2, -0.15) is 0 Å². The lowest BCUT2D eigenvalue weighted by Crippen LogP contribution is -2.18. The summed E-state index contributed by atoms with van der Waals surface area (Å²) < 4.78 is 5.46. The largest absolute Gasteiger partial charge is 0.468 e. The molecule has 0 aliphatic rings. The van der Waals surface area contributed by atoms with Crippen LogP contribution < -0.4 is 5.32 Å². The topological polar surface area (TPSA) is 38.1 Å². The molecule has 0 aliphatic heterocycles. The summed E-state index contributed by atoms with van der Waals surface area (Å²) in [7, 11) is 1.94. The number of furan rings is 1. The third-order valence-electron chi connectivity index (χ3n) is 3.24. The van der Waals surface area contributed by atoms with Crippen molar-refractivity contribution in [2.75, 3.05) is 7.05 Å². The van der Waals surface area contributed by atoms with Gasteiger partial charge in [0, 0.05) is 17.4 Å². The van der Waals surface area contributed by atoms with E-state index in [9.17, 15) is 0 Å². The summed E-state index contributed by atoms with van der Waals surface area (Å²) in [5.41, 5.74) is 2.20. The number of hydrogen-bond acceptors (Lipinski definition) is 4. The maximum absolute atomic E-state index is 5.46. The Morgan fingerprint density at radius 3 is 2.75 bits per heavy atom. The molecule has 0 amide bonds. The number of hydrogen-bond donors (Lipinski definition) is 1. The fourth-order valence-corrected chi connectivity index (χ4v) is 3.01. The fourth-order valence-electron chi connectivity index (χ4n) is 2.16. The standard InChI is InChI=1S/C16H16N2OS/c1-17-13(15-8-5-9-19-15)10-16-18-14(11-20-16)12-6-3-2-4-7-12/h2-9,11,13,17H,10H2,1H3. The number of thiazole rings is 1. The zero-order valence-corrected chi connectivity index (χ0v) is 12.1. The van der Waals surface area contributed by atoms with Crippen molar-refractivity contribution in [1.29, 1.82) is 0 Å². The highest BCUT2D eigenvalue weighted by atomic mass is 32.1. The molecule has 0 fully saturated rings. The highest BCUT2D eigenvalue weighted by Crippen LogP contribution is 2.25.